The van der Waals surface area contributed by atoms with Gasteiger partial charge in [-0.15, -0.1) is 0 Å². The molecule has 0 amide bonds. The van der Waals surface area contributed by atoms with Gasteiger partial charge in [-0.25, -0.2) is 0 Å². The molecule has 2 nitrogen and oxygen atoms in total. The van der Waals surface area contributed by atoms with Crippen LogP contribution in [0.2, 0.25) is 5.02 Å². The minimum absolute atomic E-state index is 0.513. The molecule has 19 heavy (non-hydrogen) atoms. The second kappa shape index (κ2) is 10.1. The van der Waals surface area contributed by atoms with Gasteiger partial charge in [-0.3, -0.25) is 0 Å². The SMILES string of the molecule is CC.CC.Cc1ccc(N2CCNCC2C)c(Cl)c1. The van der Waals surface area contributed by atoms with Crippen LogP contribution in [-0.2, 0) is 0 Å². The number of hydrogen-bond acceptors (Lipinski definition) is 2. The molecule has 0 saturated carbocycles. The van der Waals surface area contributed by atoms with Gasteiger partial charge < -0.3 is 10.2 Å². The van der Waals surface area contributed by atoms with Crippen LogP contribution in [0.4, 0.5) is 5.69 Å². The molecule has 0 aliphatic carbocycles. The van der Waals surface area contributed by atoms with Crippen molar-refractivity contribution in [2.24, 2.45) is 0 Å². The second-order valence-electron chi connectivity index (χ2n) is 4.20. The maximum absolute atomic E-state index is 6.27. The van der Waals surface area contributed by atoms with Crippen molar-refractivity contribution in [3.63, 3.8) is 0 Å². The number of halogens is 1. The van der Waals surface area contributed by atoms with Gasteiger partial charge >= 0.3 is 0 Å². The fourth-order valence-electron chi connectivity index (χ4n) is 2.04. The first kappa shape index (κ1) is 18.3. The van der Waals surface area contributed by atoms with Gasteiger partial charge in [0.05, 0.1) is 10.7 Å². The number of aryl methyl sites for hydroxylation is 1. The molecule has 1 heterocycles. The molecule has 1 fully saturated rings. The average molecular weight is 285 g/mol. The zero-order chi connectivity index (χ0) is 14.8. The molecule has 0 radical (unpaired) electrons. The maximum Gasteiger partial charge on any atom is 0.0642 e. The first-order chi connectivity index (χ1) is 9.18. The molecule has 2 rings (SSSR count). The summed E-state index contributed by atoms with van der Waals surface area (Å²) >= 11 is 6.27. The molecule has 3 heteroatoms. The van der Waals surface area contributed by atoms with E-state index in [4.69, 9.17) is 11.6 Å². The number of anilines is 1. The monoisotopic (exact) mass is 284 g/mol. The highest BCUT2D eigenvalue weighted by atomic mass is 35.5. The van der Waals surface area contributed by atoms with Gasteiger partial charge in [0, 0.05) is 25.7 Å². The number of benzene rings is 1. The summed E-state index contributed by atoms with van der Waals surface area (Å²) in [6.07, 6.45) is 0. The van der Waals surface area contributed by atoms with Crippen molar-refractivity contribution >= 4 is 17.3 Å². The van der Waals surface area contributed by atoms with Crippen molar-refractivity contribution in [2.45, 2.75) is 47.6 Å². The van der Waals surface area contributed by atoms with Crippen LogP contribution >= 0.6 is 11.6 Å². The van der Waals surface area contributed by atoms with Gasteiger partial charge in [-0.2, -0.15) is 0 Å². The summed E-state index contributed by atoms with van der Waals surface area (Å²) in [4.78, 5) is 2.37. The first-order valence-corrected chi connectivity index (χ1v) is 7.80. The predicted octanol–water partition coefficient (Wildman–Crippen LogP) is 4.50. The van der Waals surface area contributed by atoms with Gasteiger partial charge in [0.2, 0.25) is 0 Å². The lowest BCUT2D eigenvalue weighted by atomic mass is 10.1. The molecule has 0 aromatic heterocycles. The van der Waals surface area contributed by atoms with Gasteiger partial charge in [0.1, 0.15) is 0 Å². The third kappa shape index (κ3) is 5.42. The molecule has 1 unspecified atom stereocenters. The number of nitrogens with zero attached hydrogens (tertiary/aromatic N) is 1. The summed E-state index contributed by atoms with van der Waals surface area (Å²) in [5, 5.41) is 4.24. The number of rotatable bonds is 1. The zero-order valence-electron chi connectivity index (χ0n) is 13.3. The number of hydrogen-bond donors (Lipinski definition) is 1. The van der Waals surface area contributed by atoms with Crippen LogP contribution in [0.3, 0.4) is 0 Å². The summed E-state index contributed by atoms with van der Waals surface area (Å²) in [6, 6.07) is 6.79. The highest BCUT2D eigenvalue weighted by molar-refractivity contribution is 6.33. The van der Waals surface area contributed by atoms with E-state index in [-0.39, 0.29) is 0 Å². The van der Waals surface area contributed by atoms with E-state index in [9.17, 15) is 0 Å². The molecule has 1 aromatic rings. The molecule has 1 aliphatic heterocycles. The lowest BCUT2D eigenvalue weighted by molar-refractivity contribution is 0.501. The molecular weight excluding hydrogens is 256 g/mol. The second-order valence-corrected chi connectivity index (χ2v) is 4.61. The Bertz CT molecular complexity index is 353. The molecular formula is C16H29ClN2. The third-order valence-electron chi connectivity index (χ3n) is 2.91. The van der Waals surface area contributed by atoms with Crippen LogP contribution in [0.15, 0.2) is 18.2 Å². The van der Waals surface area contributed by atoms with Crippen LogP contribution in [0.5, 0.6) is 0 Å². The molecule has 1 aromatic carbocycles. The Morgan fingerprint density at radius 3 is 2.37 bits per heavy atom. The summed E-state index contributed by atoms with van der Waals surface area (Å²) in [6.45, 7) is 15.4. The molecule has 1 aliphatic rings. The Hall–Kier alpha value is -0.730. The van der Waals surface area contributed by atoms with Gasteiger partial charge in [0.25, 0.3) is 0 Å². The van der Waals surface area contributed by atoms with Crippen molar-refractivity contribution in [1.82, 2.24) is 5.32 Å². The van der Waals surface area contributed by atoms with E-state index in [0.717, 1.165) is 30.3 Å². The van der Waals surface area contributed by atoms with Crippen LogP contribution in [0.1, 0.15) is 40.2 Å². The Morgan fingerprint density at radius 1 is 1.21 bits per heavy atom. The summed E-state index contributed by atoms with van der Waals surface area (Å²) in [5.74, 6) is 0. The number of piperazine rings is 1. The van der Waals surface area contributed by atoms with Crippen molar-refractivity contribution in [1.29, 1.82) is 0 Å². The Morgan fingerprint density at radius 2 is 1.84 bits per heavy atom. The predicted molar refractivity (Wildman–Crippen MR) is 88.6 cm³/mol. The Kier molecular flexibility index (Phi) is 9.72. The fraction of sp³-hybridized carbons (Fsp3) is 0.625. The maximum atomic E-state index is 6.27. The molecule has 1 saturated heterocycles. The molecule has 1 N–H and O–H groups in total. The minimum Gasteiger partial charge on any atom is -0.365 e. The summed E-state index contributed by atoms with van der Waals surface area (Å²) < 4.78 is 0. The fourth-order valence-corrected chi connectivity index (χ4v) is 2.39. The van der Waals surface area contributed by atoms with Crippen molar-refractivity contribution in [3.8, 4) is 0 Å². The lowest BCUT2D eigenvalue weighted by Crippen LogP contribution is -2.50. The van der Waals surface area contributed by atoms with Crippen molar-refractivity contribution in [3.05, 3.63) is 28.8 Å². The highest BCUT2D eigenvalue weighted by Crippen LogP contribution is 2.28. The van der Waals surface area contributed by atoms with Crippen molar-refractivity contribution < 1.29 is 0 Å². The topological polar surface area (TPSA) is 15.3 Å². The average Bonchev–Trinajstić information content (AvgIpc) is 2.45. The van der Waals surface area contributed by atoms with Crippen LogP contribution in [-0.4, -0.2) is 25.7 Å². The van der Waals surface area contributed by atoms with E-state index in [1.807, 2.05) is 33.8 Å². The largest absolute Gasteiger partial charge is 0.365 e. The number of nitrogens with one attached hydrogen (secondary N) is 1. The molecule has 0 bridgehead atoms. The first-order valence-electron chi connectivity index (χ1n) is 7.42. The van der Waals surface area contributed by atoms with Gasteiger partial charge in [-0.05, 0) is 31.5 Å². The van der Waals surface area contributed by atoms with E-state index in [2.05, 4.69) is 36.2 Å². The normalized spacial score (nSPS) is 17.8. The Balaban J connectivity index is 0.000000741. The van der Waals surface area contributed by atoms with E-state index in [1.165, 1.54) is 5.56 Å². The summed E-state index contributed by atoms with van der Waals surface area (Å²) in [7, 11) is 0. The van der Waals surface area contributed by atoms with Crippen LogP contribution in [0.25, 0.3) is 0 Å². The van der Waals surface area contributed by atoms with Crippen molar-refractivity contribution in [2.75, 3.05) is 24.5 Å². The van der Waals surface area contributed by atoms with E-state index in [0.29, 0.717) is 6.04 Å². The summed E-state index contributed by atoms with van der Waals surface area (Å²) in [5.41, 5.74) is 2.38. The lowest BCUT2D eigenvalue weighted by Gasteiger charge is -2.36. The molecule has 0 spiro atoms. The minimum atomic E-state index is 0.513. The third-order valence-corrected chi connectivity index (χ3v) is 3.22. The quantitative estimate of drug-likeness (QED) is 0.817. The Labute approximate surface area is 124 Å². The van der Waals surface area contributed by atoms with E-state index < -0.39 is 0 Å². The van der Waals surface area contributed by atoms with Crippen LogP contribution < -0.4 is 10.2 Å². The standard InChI is InChI=1S/C12H17ClN2.2C2H6/c1-9-3-4-12(11(13)7-9)15-6-5-14-8-10(15)2;2*1-2/h3-4,7,10,14H,5-6,8H2,1-2H3;2*1-2H3. The smallest absolute Gasteiger partial charge is 0.0642 e. The van der Waals surface area contributed by atoms with Crippen LogP contribution in [0, 0.1) is 6.92 Å². The molecule has 110 valence electrons. The zero-order valence-corrected chi connectivity index (χ0v) is 14.0. The van der Waals surface area contributed by atoms with E-state index in [1.54, 1.807) is 0 Å². The van der Waals surface area contributed by atoms with Gasteiger partial charge in [-0.1, -0.05) is 45.4 Å². The molecule has 1 atom stereocenters. The van der Waals surface area contributed by atoms with E-state index >= 15 is 0 Å². The highest BCUT2D eigenvalue weighted by Gasteiger charge is 2.19. The van der Waals surface area contributed by atoms with Gasteiger partial charge in [0.15, 0.2) is 0 Å².